The van der Waals surface area contributed by atoms with Crippen LogP contribution >= 0.6 is 0 Å². The number of hydrogen-bond donors (Lipinski definition) is 1. The third-order valence-electron chi connectivity index (χ3n) is 2.58. The Morgan fingerprint density at radius 2 is 1.95 bits per heavy atom. The molecule has 0 aliphatic rings. The molecule has 0 saturated carbocycles. The van der Waals surface area contributed by atoms with Crippen molar-refractivity contribution in [1.82, 2.24) is 4.31 Å². The molecule has 0 radical (unpaired) electrons. The van der Waals surface area contributed by atoms with Crippen molar-refractivity contribution in [1.29, 1.82) is 0 Å². The first-order chi connectivity index (χ1) is 8.66. The van der Waals surface area contributed by atoms with E-state index in [-0.39, 0.29) is 4.90 Å². The van der Waals surface area contributed by atoms with Crippen LogP contribution in [0, 0.1) is 6.92 Å². The lowest BCUT2D eigenvalue weighted by Gasteiger charge is -2.15. The van der Waals surface area contributed by atoms with Crippen LogP contribution in [0.5, 0.6) is 5.75 Å². The van der Waals surface area contributed by atoms with Crippen LogP contribution < -0.4 is 4.74 Å². The molecule has 1 aromatic rings. The van der Waals surface area contributed by atoms with Gasteiger partial charge in [0, 0.05) is 14.1 Å². The van der Waals surface area contributed by atoms with E-state index in [1.54, 1.807) is 6.92 Å². The number of aliphatic carboxylic acids is 1. The summed E-state index contributed by atoms with van der Waals surface area (Å²) >= 11 is 0. The van der Waals surface area contributed by atoms with Crippen LogP contribution in [0.4, 0.5) is 0 Å². The van der Waals surface area contributed by atoms with Crippen molar-refractivity contribution in [3.8, 4) is 5.75 Å². The largest absolute Gasteiger partial charge is 0.479 e. The molecule has 0 saturated heterocycles. The second-order valence-corrected chi connectivity index (χ2v) is 6.46. The van der Waals surface area contributed by atoms with Gasteiger partial charge in [-0.25, -0.2) is 17.5 Å². The molecule has 0 aromatic heterocycles. The molecule has 0 amide bonds. The first kappa shape index (κ1) is 15.5. The van der Waals surface area contributed by atoms with Crippen LogP contribution in [0.15, 0.2) is 23.1 Å². The van der Waals surface area contributed by atoms with Crippen LogP contribution in [0.25, 0.3) is 0 Å². The molecule has 19 heavy (non-hydrogen) atoms. The Morgan fingerprint density at radius 1 is 1.37 bits per heavy atom. The summed E-state index contributed by atoms with van der Waals surface area (Å²) in [6, 6.07) is 4.32. The summed E-state index contributed by atoms with van der Waals surface area (Å²) < 4.78 is 30.2. The number of carbonyl (C=O) groups is 1. The molecule has 0 aliphatic carbocycles. The lowest BCUT2D eigenvalue weighted by atomic mass is 10.2. The smallest absolute Gasteiger partial charge is 0.344 e. The molecule has 1 unspecified atom stereocenters. The minimum Gasteiger partial charge on any atom is -0.479 e. The zero-order valence-corrected chi connectivity index (χ0v) is 12.1. The van der Waals surface area contributed by atoms with E-state index in [0.29, 0.717) is 11.3 Å². The van der Waals surface area contributed by atoms with Crippen molar-refractivity contribution < 1.29 is 23.1 Å². The van der Waals surface area contributed by atoms with Gasteiger partial charge in [-0.3, -0.25) is 0 Å². The fourth-order valence-electron chi connectivity index (χ4n) is 1.37. The number of aryl methyl sites for hydroxylation is 1. The Hall–Kier alpha value is -1.60. The maximum Gasteiger partial charge on any atom is 0.344 e. The van der Waals surface area contributed by atoms with Crippen LogP contribution in [0.3, 0.4) is 0 Å². The highest BCUT2D eigenvalue weighted by Crippen LogP contribution is 2.24. The van der Waals surface area contributed by atoms with Crippen LogP contribution in [-0.4, -0.2) is 44.0 Å². The van der Waals surface area contributed by atoms with Crippen molar-refractivity contribution in [2.75, 3.05) is 14.1 Å². The Morgan fingerprint density at radius 3 is 2.37 bits per heavy atom. The molecule has 0 spiro atoms. The molecule has 1 N–H and O–H groups in total. The Labute approximate surface area is 112 Å². The molecular weight excluding hydrogens is 270 g/mol. The number of hydrogen-bond acceptors (Lipinski definition) is 4. The number of benzene rings is 1. The minimum atomic E-state index is -3.50. The second-order valence-electron chi connectivity index (χ2n) is 4.31. The maximum absolute atomic E-state index is 11.9. The number of carboxylic acids is 1. The molecule has 0 bridgehead atoms. The summed E-state index contributed by atoms with van der Waals surface area (Å²) in [6.07, 6.45) is -0.991. The van der Waals surface area contributed by atoms with Crippen molar-refractivity contribution >= 4 is 16.0 Å². The molecule has 7 heteroatoms. The molecule has 1 aromatic carbocycles. The zero-order valence-electron chi connectivity index (χ0n) is 11.2. The van der Waals surface area contributed by atoms with Gasteiger partial charge in [-0.1, -0.05) is 0 Å². The maximum atomic E-state index is 11.9. The molecule has 0 aliphatic heterocycles. The SMILES string of the molecule is Cc1cc(S(=O)(=O)N(C)C)ccc1OC(C)C(=O)O. The van der Waals surface area contributed by atoms with Gasteiger partial charge in [0.1, 0.15) is 5.75 Å². The number of ether oxygens (including phenoxy) is 1. The summed E-state index contributed by atoms with van der Waals surface area (Å²) in [6.45, 7) is 3.07. The molecule has 6 nitrogen and oxygen atoms in total. The van der Waals surface area contributed by atoms with Crippen LogP contribution in [-0.2, 0) is 14.8 Å². The number of carboxylic acid groups (broad SMARTS) is 1. The molecule has 106 valence electrons. The first-order valence-electron chi connectivity index (χ1n) is 5.59. The van der Waals surface area contributed by atoms with E-state index in [2.05, 4.69) is 0 Å². The van der Waals surface area contributed by atoms with Gasteiger partial charge in [-0.05, 0) is 37.6 Å². The van der Waals surface area contributed by atoms with Gasteiger partial charge < -0.3 is 9.84 Å². The fraction of sp³-hybridized carbons (Fsp3) is 0.417. The first-order valence-corrected chi connectivity index (χ1v) is 7.03. The molecule has 0 heterocycles. The van der Waals surface area contributed by atoms with Gasteiger partial charge in [-0.2, -0.15) is 0 Å². The predicted octanol–water partition coefficient (Wildman–Crippen LogP) is 1.10. The van der Waals surface area contributed by atoms with Crippen LogP contribution in [0.2, 0.25) is 0 Å². The normalized spacial score (nSPS) is 13.3. The van der Waals surface area contributed by atoms with Gasteiger partial charge in [0.05, 0.1) is 4.90 Å². The summed E-state index contributed by atoms with van der Waals surface area (Å²) in [4.78, 5) is 10.8. The predicted molar refractivity (Wildman–Crippen MR) is 69.8 cm³/mol. The number of sulfonamides is 1. The molecule has 0 fully saturated rings. The Kier molecular flexibility index (Phi) is 4.54. The Balaban J connectivity index is 3.09. The molecular formula is C12H17NO5S. The summed E-state index contributed by atoms with van der Waals surface area (Å²) in [5, 5.41) is 8.76. The van der Waals surface area contributed by atoms with Crippen molar-refractivity contribution in [2.45, 2.75) is 24.8 Å². The van der Waals surface area contributed by atoms with Gasteiger partial charge in [-0.15, -0.1) is 0 Å². The summed E-state index contributed by atoms with van der Waals surface area (Å²) in [5.41, 5.74) is 0.566. The van der Waals surface area contributed by atoms with E-state index in [9.17, 15) is 13.2 Å². The van der Waals surface area contributed by atoms with Crippen molar-refractivity contribution in [2.24, 2.45) is 0 Å². The van der Waals surface area contributed by atoms with E-state index in [0.717, 1.165) is 4.31 Å². The highest BCUT2D eigenvalue weighted by molar-refractivity contribution is 7.89. The lowest BCUT2D eigenvalue weighted by Crippen LogP contribution is -2.24. The lowest BCUT2D eigenvalue weighted by molar-refractivity contribution is -0.144. The van der Waals surface area contributed by atoms with E-state index < -0.39 is 22.1 Å². The quantitative estimate of drug-likeness (QED) is 0.876. The zero-order chi connectivity index (χ0) is 14.8. The Bertz CT molecular complexity index is 580. The molecule has 1 rings (SSSR count). The van der Waals surface area contributed by atoms with Gasteiger partial charge in [0.25, 0.3) is 0 Å². The summed E-state index contributed by atoms with van der Waals surface area (Å²) in [5.74, 6) is -0.725. The van der Waals surface area contributed by atoms with Gasteiger partial charge in [0.15, 0.2) is 6.10 Å². The van der Waals surface area contributed by atoms with E-state index in [4.69, 9.17) is 9.84 Å². The van der Waals surface area contributed by atoms with Crippen molar-refractivity contribution in [3.05, 3.63) is 23.8 Å². The van der Waals surface area contributed by atoms with E-state index >= 15 is 0 Å². The average Bonchev–Trinajstić information content (AvgIpc) is 2.30. The average molecular weight is 287 g/mol. The topological polar surface area (TPSA) is 83.9 Å². The van der Waals surface area contributed by atoms with Crippen LogP contribution in [0.1, 0.15) is 12.5 Å². The van der Waals surface area contributed by atoms with Crippen molar-refractivity contribution in [3.63, 3.8) is 0 Å². The highest BCUT2D eigenvalue weighted by atomic mass is 32.2. The summed E-state index contributed by atoms with van der Waals surface area (Å²) in [7, 11) is -0.607. The highest BCUT2D eigenvalue weighted by Gasteiger charge is 2.19. The van der Waals surface area contributed by atoms with E-state index in [1.165, 1.54) is 39.2 Å². The second kappa shape index (κ2) is 5.58. The fourth-order valence-corrected chi connectivity index (χ4v) is 2.35. The standard InChI is InChI=1S/C12H17NO5S/c1-8-7-10(19(16,17)13(3)4)5-6-11(8)18-9(2)12(14)15/h5-7,9H,1-4H3,(H,14,15). The van der Waals surface area contributed by atoms with Gasteiger partial charge in [0.2, 0.25) is 10.0 Å². The minimum absolute atomic E-state index is 0.144. The third kappa shape index (κ3) is 3.45. The number of nitrogens with zero attached hydrogens (tertiary/aromatic N) is 1. The molecule has 1 atom stereocenters. The van der Waals surface area contributed by atoms with E-state index in [1.807, 2.05) is 0 Å². The number of rotatable bonds is 5. The monoisotopic (exact) mass is 287 g/mol. The van der Waals surface area contributed by atoms with Gasteiger partial charge >= 0.3 is 5.97 Å². The third-order valence-corrected chi connectivity index (χ3v) is 4.39.